The van der Waals surface area contributed by atoms with Gasteiger partial charge in [-0.3, -0.25) is 0 Å². The number of hydrogen-bond donors (Lipinski definition) is 0. The standard InChI is InChI=1S/C32H43F3O/c1-3-5-22-6-11-24(12-7-22)25-13-8-23(9-14-25)10-15-27-18-21-29(30(31(27)33)32(34)35)26-16-19-28(20-17-26)36-4-2/h16-25,32H,3-15H2,1-2H3. The molecule has 4 heteroatoms. The Hall–Kier alpha value is -1.97. The lowest BCUT2D eigenvalue weighted by Gasteiger charge is -2.38. The Morgan fingerprint density at radius 2 is 1.36 bits per heavy atom. The van der Waals surface area contributed by atoms with Crippen LogP contribution in [0.3, 0.4) is 0 Å². The third kappa shape index (κ3) is 6.66. The molecule has 0 unspecified atom stereocenters. The van der Waals surface area contributed by atoms with Crippen molar-refractivity contribution in [1.29, 1.82) is 0 Å². The molecule has 0 radical (unpaired) electrons. The predicted octanol–water partition coefficient (Wildman–Crippen LogP) is 10.2. The molecule has 0 aliphatic heterocycles. The number of alkyl halides is 2. The van der Waals surface area contributed by atoms with Crippen molar-refractivity contribution in [2.45, 2.75) is 97.3 Å². The van der Waals surface area contributed by atoms with Crippen LogP contribution < -0.4 is 4.74 Å². The van der Waals surface area contributed by atoms with Crippen LogP contribution in [0.1, 0.15) is 102 Å². The minimum atomic E-state index is -2.85. The van der Waals surface area contributed by atoms with E-state index >= 15 is 4.39 Å². The summed E-state index contributed by atoms with van der Waals surface area (Å²) in [5, 5.41) is 0. The van der Waals surface area contributed by atoms with Gasteiger partial charge in [-0.25, -0.2) is 13.2 Å². The second kappa shape index (κ2) is 13.0. The maximum absolute atomic E-state index is 15.3. The van der Waals surface area contributed by atoms with Crippen LogP contribution in [0, 0.1) is 29.5 Å². The summed E-state index contributed by atoms with van der Waals surface area (Å²) in [5.41, 5.74) is 0.806. The Balaban J connectivity index is 1.33. The number of hydrogen-bond acceptors (Lipinski definition) is 1. The average Bonchev–Trinajstić information content (AvgIpc) is 2.89. The van der Waals surface area contributed by atoms with Crippen molar-refractivity contribution in [2.24, 2.45) is 23.7 Å². The first kappa shape index (κ1) is 27.1. The monoisotopic (exact) mass is 500 g/mol. The smallest absolute Gasteiger partial charge is 0.267 e. The zero-order valence-corrected chi connectivity index (χ0v) is 22.1. The van der Waals surface area contributed by atoms with Gasteiger partial charge in [0.05, 0.1) is 12.2 Å². The Labute approximate surface area is 215 Å². The van der Waals surface area contributed by atoms with Gasteiger partial charge in [0.15, 0.2) is 0 Å². The van der Waals surface area contributed by atoms with Gasteiger partial charge in [0, 0.05) is 0 Å². The molecule has 0 saturated heterocycles. The highest BCUT2D eigenvalue weighted by atomic mass is 19.3. The maximum atomic E-state index is 15.3. The van der Waals surface area contributed by atoms with E-state index in [0.29, 0.717) is 35.8 Å². The average molecular weight is 501 g/mol. The first-order valence-electron chi connectivity index (χ1n) is 14.3. The summed E-state index contributed by atoms with van der Waals surface area (Å²) in [6.07, 6.45) is 11.9. The second-order valence-electron chi connectivity index (χ2n) is 11.1. The van der Waals surface area contributed by atoms with Crippen molar-refractivity contribution in [3.63, 3.8) is 0 Å². The molecule has 0 atom stereocenters. The molecule has 0 spiro atoms. The van der Waals surface area contributed by atoms with Crippen molar-refractivity contribution in [3.05, 3.63) is 53.3 Å². The van der Waals surface area contributed by atoms with Gasteiger partial charge < -0.3 is 4.74 Å². The summed E-state index contributed by atoms with van der Waals surface area (Å²) in [4.78, 5) is 0. The molecule has 0 aromatic heterocycles. The van der Waals surface area contributed by atoms with E-state index in [1.165, 1.54) is 64.2 Å². The molecule has 2 aromatic carbocycles. The van der Waals surface area contributed by atoms with Crippen LogP contribution in [-0.4, -0.2) is 6.61 Å². The van der Waals surface area contributed by atoms with E-state index in [0.717, 1.165) is 24.2 Å². The Bertz CT molecular complexity index is 939. The highest BCUT2D eigenvalue weighted by Crippen LogP contribution is 2.43. The zero-order valence-electron chi connectivity index (χ0n) is 22.1. The van der Waals surface area contributed by atoms with E-state index in [2.05, 4.69) is 6.92 Å². The minimum absolute atomic E-state index is 0.267. The number of ether oxygens (including phenoxy) is 1. The first-order chi connectivity index (χ1) is 17.5. The van der Waals surface area contributed by atoms with Gasteiger partial charge in [-0.15, -0.1) is 0 Å². The van der Waals surface area contributed by atoms with Crippen LogP contribution in [0.5, 0.6) is 5.75 Å². The quantitative estimate of drug-likeness (QED) is 0.315. The highest BCUT2D eigenvalue weighted by Gasteiger charge is 2.31. The van der Waals surface area contributed by atoms with E-state index in [9.17, 15) is 8.78 Å². The predicted molar refractivity (Wildman–Crippen MR) is 142 cm³/mol. The van der Waals surface area contributed by atoms with Crippen LogP contribution in [0.4, 0.5) is 13.2 Å². The minimum Gasteiger partial charge on any atom is -0.494 e. The lowest BCUT2D eigenvalue weighted by atomic mass is 9.68. The van der Waals surface area contributed by atoms with Crippen molar-refractivity contribution in [1.82, 2.24) is 0 Å². The lowest BCUT2D eigenvalue weighted by Crippen LogP contribution is -2.26. The Morgan fingerprint density at radius 1 is 0.778 bits per heavy atom. The molecular formula is C32H43F3O. The summed E-state index contributed by atoms with van der Waals surface area (Å²) in [6.45, 7) is 4.72. The van der Waals surface area contributed by atoms with E-state index in [4.69, 9.17) is 4.74 Å². The Morgan fingerprint density at radius 3 is 1.89 bits per heavy atom. The third-order valence-corrected chi connectivity index (χ3v) is 8.92. The highest BCUT2D eigenvalue weighted by molar-refractivity contribution is 5.69. The van der Waals surface area contributed by atoms with E-state index in [-0.39, 0.29) is 5.56 Å². The fourth-order valence-electron chi connectivity index (χ4n) is 6.86. The molecule has 36 heavy (non-hydrogen) atoms. The molecule has 0 bridgehead atoms. The maximum Gasteiger partial charge on any atom is 0.267 e. The van der Waals surface area contributed by atoms with Crippen molar-refractivity contribution >= 4 is 0 Å². The summed E-state index contributed by atoms with van der Waals surface area (Å²) in [5.74, 6) is 3.25. The second-order valence-corrected chi connectivity index (χ2v) is 11.1. The van der Waals surface area contributed by atoms with E-state index in [1.807, 2.05) is 6.92 Å². The van der Waals surface area contributed by atoms with Gasteiger partial charge in [0.25, 0.3) is 6.43 Å². The summed E-state index contributed by atoms with van der Waals surface area (Å²) in [7, 11) is 0. The molecule has 1 nitrogen and oxygen atoms in total. The van der Waals surface area contributed by atoms with E-state index in [1.54, 1.807) is 36.4 Å². The molecule has 2 aliphatic rings. The first-order valence-corrected chi connectivity index (χ1v) is 14.3. The van der Waals surface area contributed by atoms with Gasteiger partial charge in [-0.05, 0) is 97.9 Å². The summed E-state index contributed by atoms with van der Waals surface area (Å²) in [6, 6.07) is 10.3. The molecule has 0 amide bonds. The van der Waals surface area contributed by atoms with Crippen LogP contribution in [0.2, 0.25) is 0 Å². The van der Waals surface area contributed by atoms with Crippen molar-refractivity contribution in [3.8, 4) is 16.9 Å². The van der Waals surface area contributed by atoms with E-state index < -0.39 is 17.8 Å². The largest absolute Gasteiger partial charge is 0.494 e. The van der Waals surface area contributed by atoms with Crippen molar-refractivity contribution < 1.29 is 17.9 Å². The normalized spacial score (nSPS) is 24.7. The number of rotatable bonds is 10. The molecule has 2 saturated carbocycles. The fourth-order valence-corrected chi connectivity index (χ4v) is 6.86. The van der Waals surface area contributed by atoms with Gasteiger partial charge in [-0.2, -0.15) is 0 Å². The molecule has 198 valence electrons. The SMILES string of the molecule is CCCC1CCC(C2CCC(CCc3ccc(-c4ccc(OCC)cc4)c(C(F)F)c3F)CC2)CC1. The topological polar surface area (TPSA) is 9.23 Å². The molecule has 0 heterocycles. The molecule has 2 fully saturated rings. The number of aryl methyl sites for hydroxylation is 1. The third-order valence-electron chi connectivity index (χ3n) is 8.92. The molecule has 4 rings (SSSR count). The molecule has 2 aliphatic carbocycles. The summed E-state index contributed by atoms with van der Waals surface area (Å²) >= 11 is 0. The van der Waals surface area contributed by atoms with Gasteiger partial charge in [-0.1, -0.05) is 69.7 Å². The van der Waals surface area contributed by atoms with Crippen molar-refractivity contribution in [2.75, 3.05) is 6.61 Å². The van der Waals surface area contributed by atoms with Gasteiger partial charge in [0.2, 0.25) is 0 Å². The number of benzene rings is 2. The lowest BCUT2D eigenvalue weighted by molar-refractivity contribution is 0.140. The van der Waals surface area contributed by atoms with Crippen LogP contribution in [-0.2, 0) is 6.42 Å². The van der Waals surface area contributed by atoms with Gasteiger partial charge >= 0.3 is 0 Å². The molecular weight excluding hydrogens is 457 g/mol. The van der Waals surface area contributed by atoms with Crippen LogP contribution >= 0.6 is 0 Å². The Kier molecular flexibility index (Phi) is 9.79. The zero-order chi connectivity index (χ0) is 25.5. The van der Waals surface area contributed by atoms with Crippen LogP contribution in [0.15, 0.2) is 36.4 Å². The molecule has 2 aromatic rings. The number of halogens is 3. The van der Waals surface area contributed by atoms with Gasteiger partial charge in [0.1, 0.15) is 11.6 Å². The fraction of sp³-hybridized carbons (Fsp3) is 0.625. The summed E-state index contributed by atoms with van der Waals surface area (Å²) < 4.78 is 48.7. The molecule has 0 N–H and O–H groups in total. The van der Waals surface area contributed by atoms with Crippen LogP contribution in [0.25, 0.3) is 11.1 Å².